The van der Waals surface area contributed by atoms with Gasteiger partial charge < -0.3 is 25.2 Å². The van der Waals surface area contributed by atoms with E-state index >= 15 is 0 Å². The van der Waals surface area contributed by atoms with E-state index < -0.39 is 0 Å². The highest BCUT2D eigenvalue weighted by molar-refractivity contribution is 14.0. The standard InChI is InChI=1S/C16H33N5O.HI/c1-4-7-21-8-5-14(6-9-21)19-16(17-2)18-12-15-13-20(3)10-11-22-15;/h14-15H,4-13H2,1-3H3,(H2,17,18,19);1H. The molecule has 136 valence electrons. The average molecular weight is 439 g/mol. The van der Waals surface area contributed by atoms with Crippen molar-refractivity contribution in [2.75, 3.05) is 60.0 Å². The van der Waals surface area contributed by atoms with Gasteiger partial charge in [-0.3, -0.25) is 4.99 Å². The maximum atomic E-state index is 5.78. The van der Waals surface area contributed by atoms with Crippen molar-refractivity contribution in [1.82, 2.24) is 20.4 Å². The minimum atomic E-state index is 0. The first-order valence-electron chi connectivity index (χ1n) is 8.71. The largest absolute Gasteiger partial charge is 0.374 e. The summed E-state index contributed by atoms with van der Waals surface area (Å²) in [4.78, 5) is 9.22. The lowest BCUT2D eigenvalue weighted by molar-refractivity contribution is -0.0161. The summed E-state index contributed by atoms with van der Waals surface area (Å²) in [6.45, 7) is 9.52. The normalized spacial score (nSPS) is 25.0. The Hall–Kier alpha value is -0.120. The van der Waals surface area contributed by atoms with Crippen molar-refractivity contribution >= 4 is 29.9 Å². The molecule has 1 atom stereocenters. The van der Waals surface area contributed by atoms with Crippen LogP contribution in [0.2, 0.25) is 0 Å². The van der Waals surface area contributed by atoms with Crippen molar-refractivity contribution < 1.29 is 4.74 Å². The fraction of sp³-hybridized carbons (Fsp3) is 0.938. The maximum absolute atomic E-state index is 5.78. The lowest BCUT2D eigenvalue weighted by atomic mass is 10.1. The van der Waals surface area contributed by atoms with E-state index in [-0.39, 0.29) is 30.1 Å². The van der Waals surface area contributed by atoms with E-state index in [1.54, 1.807) is 0 Å². The number of likely N-dealkylation sites (N-methyl/N-ethyl adjacent to an activating group) is 1. The predicted molar refractivity (Wildman–Crippen MR) is 107 cm³/mol. The van der Waals surface area contributed by atoms with Crippen LogP contribution in [0.1, 0.15) is 26.2 Å². The Bertz CT molecular complexity index is 347. The predicted octanol–water partition coefficient (Wildman–Crippen LogP) is 0.974. The number of hydrogen-bond donors (Lipinski definition) is 2. The van der Waals surface area contributed by atoms with Crippen molar-refractivity contribution in [2.24, 2.45) is 4.99 Å². The van der Waals surface area contributed by atoms with Gasteiger partial charge in [0.25, 0.3) is 0 Å². The molecule has 0 amide bonds. The number of halogens is 1. The molecule has 2 aliphatic rings. The lowest BCUT2D eigenvalue weighted by Crippen LogP contribution is -2.52. The second-order valence-corrected chi connectivity index (χ2v) is 6.47. The Morgan fingerprint density at radius 2 is 2.00 bits per heavy atom. The molecule has 0 aromatic carbocycles. The third-order valence-electron chi connectivity index (χ3n) is 4.53. The molecule has 0 saturated carbocycles. The zero-order valence-corrected chi connectivity index (χ0v) is 17.2. The number of piperidine rings is 1. The van der Waals surface area contributed by atoms with Gasteiger partial charge in [0.1, 0.15) is 0 Å². The minimum absolute atomic E-state index is 0. The third-order valence-corrected chi connectivity index (χ3v) is 4.53. The van der Waals surface area contributed by atoms with Crippen LogP contribution in [0.25, 0.3) is 0 Å². The fourth-order valence-corrected chi connectivity index (χ4v) is 3.21. The maximum Gasteiger partial charge on any atom is 0.191 e. The summed E-state index contributed by atoms with van der Waals surface area (Å²) >= 11 is 0. The van der Waals surface area contributed by atoms with Gasteiger partial charge in [0.2, 0.25) is 0 Å². The molecule has 0 aromatic heterocycles. The highest BCUT2D eigenvalue weighted by Crippen LogP contribution is 2.10. The monoisotopic (exact) mass is 439 g/mol. The van der Waals surface area contributed by atoms with E-state index in [4.69, 9.17) is 4.74 Å². The molecular weight excluding hydrogens is 405 g/mol. The van der Waals surface area contributed by atoms with Crippen LogP contribution in [0.3, 0.4) is 0 Å². The zero-order valence-electron chi connectivity index (χ0n) is 14.9. The number of guanidine groups is 1. The highest BCUT2D eigenvalue weighted by Gasteiger charge is 2.21. The Morgan fingerprint density at radius 3 is 2.61 bits per heavy atom. The summed E-state index contributed by atoms with van der Waals surface area (Å²) in [5.74, 6) is 0.908. The zero-order chi connectivity index (χ0) is 15.8. The van der Waals surface area contributed by atoms with Crippen molar-refractivity contribution in [3.8, 4) is 0 Å². The quantitative estimate of drug-likeness (QED) is 0.380. The molecule has 0 spiro atoms. The molecule has 1 unspecified atom stereocenters. The second-order valence-electron chi connectivity index (χ2n) is 6.47. The topological polar surface area (TPSA) is 52.1 Å². The van der Waals surface area contributed by atoms with Crippen LogP contribution in [0, 0.1) is 0 Å². The molecule has 7 heteroatoms. The molecule has 0 aromatic rings. The second kappa shape index (κ2) is 11.4. The number of ether oxygens (including phenoxy) is 1. The van der Waals surface area contributed by atoms with E-state index in [1.165, 1.54) is 38.9 Å². The molecule has 2 heterocycles. The first-order chi connectivity index (χ1) is 10.7. The van der Waals surface area contributed by atoms with Gasteiger partial charge in [-0.25, -0.2) is 0 Å². The number of rotatable bonds is 5. The van der Waals surface area contributed by atoms with E-state index in [9.17, 15) is 0 Å². The number of likely N-dealkylation sites (tertiary alicyclic amines) is 1. The van der Waals surface area contributed by atoms with Gasteiger partial charge in [0, 0.05) is 45.8 Å². The van der Waals surface area contributed by atoms with Gasteiger partial charge in [-0.15, -0.1) is 24.0 Å². The number of aliphatic imine (C=N–C) groups is 1. The molecule has 2 aliphatic heterocycles. The van der Waals surface area contributed by atoms with Crippen LogP contribution in [0.5, 0.6) is 0 Å². The van der Waals surface area contributed by atoms with Crippen molar-refractivity contribution in [1.29, 1.82) is 0 Å². The molecule has 2 N–H and O–H groups in total. The van der Waals surface area contributed by atoms with E-state index in [0.717, 1.165) is 32.2 Å². The highest BCUT2D eigenvalue weighted by atomic mass is 127. The molecule has 6 nitrogen and oxygen atoms in total. The Kier molecular flexibility index (Phi) is 10.4. The van der Waals surface area contributed by atoms with Crippen molar-refractivity contribution in [2.45, 2.75) is 38.3 Å². The summed E-state index contributed by atoms with van der Waals surface area (Å²) in [6.07, 6.45) is 3.90. The fourth-order valence-electron chi connectivity index (χ4n) is 3.21. The average Bonchev–Trinajstić information content (AvgIpc) is 2.53. The summed E-state index contributed by atoms with van der Waals surface area (Å²) in [5.41, 5.74) is 0. The first-order valence-corrected chi connectivity index (χ1v) is 8.71. The molecular formula is C16H34IN5O. The van der Waals surface area contributed by atoms with Crippen LogP contribution in [0.15, 0.2) is 4.99 Å². The number of nitrogens with zero attached hydrogens (tertiary/aromatic N) is 3. The molecule has 23 heavy (non-hydrogen) atoms. The van der Waals surface area contributed by atoms with Gasteiger partial charge in [0.05, 0.1) is 12.7 Å². The molecule has 2 rings (SSSR count). The molecule has 2 fully saturated rings. The van der Waals surface area contributed by atoms with Gasteiger partial charge in [0.15, 0.2) is 5.96 Å². The Morgan fingerprint density at radius 1 is 1.26 bits per heavy atom. The molecule has 0 radical (unpaired) electrons. The van der Waals surface area contributed by atoms with E-state index in [2.05, 4.69) is 39.4 Å². The Labute approximate surface area is 158 Å². The number of morpholine rings is 1. The van der Waals surface area contributed by atoms with Gasteiger partial charge in [-0.2, -0.15) is 0 Å². The Balaban J connectivity index is 0.00000264. The molecule has 0 bridgehead atoms. The molecule has 0 aliphatic carbocycles. The lowest BCUT2D eigenvalue weighted by Gasteiger charge is -2.33. The SMILES string of the molecule is CCCN1CCC(NC(=NC)NCC2CN(C)CCO2)CC1.I. The number of nitrogens with one attached hydrogen (secondary N) is 2. The van der Waals surface area contributed by atoms with E-state index in [1.807, 2.05) is 7.05 Å². The van der Waals surface area contributed by atoms with Crippen LogP contribution in [-0.2, 0) is 4.74 Å². The van der Waals surface area contributed by atoms with Crippen molar-refractivity contribution in [3.63, 3.8) is 0 Å². The van der Waals surface area contributed by atoms with E-state index in [0.29, 0.717) is 6.04 Å². The number of hydrogen-bond acceptors (Lipinski definition) is 4. The van der Waals surface area contributed by atoms with Crippen LogP contribution in [0.4, 0.5) is 0 Å². The van der Waals surface area contributed by atoms with Crippen LogP contribution < -0.4 is 10.6 Å². The minimum Gasteiger partial charge on any atom is -0.374 e. The summed E-state index contributed by atoms with van der Waals surface area (Å²) in [5, 5.41) is 6.98. The van der Waals surface area contributed by atoms with Gasteiger partial charge in [-0.1, -0.05) is 6.92 Å². The summed E-state index contributed by atoms with van der Waals surface area (Å²) < 4.78 is 5.78. The van der Waals surface area contributed by atoms with Crippen molar-refractivity contribution in [3.05, 3.63) is 0 Å². The molecule has 2 saturated heterocycles. The van der Waals surface area contributed by atoms with Gasteiger partial charge >= 0.3 is 0 Å². The van der Waals surface area contributed by atoms with Gasteiger partial charge in [-0.05, 0) is 32.9 Å². The summed E-state index contributed by atoms with van der Waals surface area (Å²) in [6, 6.07) is 0.536. The smallest absolute Gasteiger partial charge is 0.191 e. The first kappa shape index (κ1) is 20.9. The summed E-state index contributed by atoms with van der Waals surface area (Å²) in [7, 11) is 3.99. The van der Waals surface area contributed by atoms with Crippen LogP contribution in [-0.4, -0.2) is 87.9 Å². The third kappa shape index (κ3) is 7.53. The van der Waals surface area contributed by atoms with Crippen LogP contribution >= 0.6 is 24.0 Å².